The molecule has 1 amide bonds. The molecule has 188 valence electrons. The van der Waals surface area contributed by atoms with Gasteiger partial charge in [0.25, 0.3) is 5.56 Å². The molecule has 1 aliphatic rings. The number of hydrogen-bond acceptors (Lipinski definition) is 9. The second-order valence-electron chi connectivity index (χ2n) is 7.77. The van der Waals surface area contributed by atoms with Crippen LogP contribution in [0.2, 0.25) is 0 Å². The molecule has 0 atom stereocenters. The highest BCUT2D eigenvalue weighted by molar-refractivity contribution is 7.16. The van der Waals surface area contributed by atoms with Gasteiger partial charge in [-0.2, -0.15) is 9.78 Å². The van der Waals surface area contributed by atoms with E-state index in [0.717, 1.165) is 21.6 Å². The van der Waals surface area contributed by atoms with Crippen molar-refractivity contribution in [3.05, 3.63) is 75.5 Å². The number of nitrogens with zero attached hydrogens (tertiary/aromatic N) is 2. The average Bonchev–Trinajstić information content (AvgIpc) is 3.55. The van der Waals surface area contributed by atoms with E-state index < -0.39 is 17.4 Å². The summed E-state index contributed by atoms with van der Waals surface area (Å²) in [5, 5.41) is 9.38. The van der Waals surface area contributed by atoms with Crippen LogP contribution < -0.4 is 25.1 Å². The number of hydrogen-bond donors (Lipinski definition) is 1. The lowest BCUT2D eigenvalue weighted by atomic mass is 10.2. The van der Waals surface area contributed by atoms with Crippen molar-refractivity contribution in [2.24, 2.45) is 0 Å². The summed E-state index contributed by atoms with van der Waals surface area (Å²) in [5.41, 5.74) is 0.639. The minimum absolute atomic E-state index is 0.0279. The number of carbonyl (C=O) groups excluding carboxylic acids is 2. The van der Waals surface area contributed by atoms with Gasteiger partial charge in [-0.05, 0) is 55.0 Å². The topological polar surface area (TPSA) is 118 Å². The van der Waals surface area contributed by atoms with E-state index >= 15 is 0 Å². The minimum Gasteiger partial charge on any atom is -0.497 e. The van der Waals surface area contributed by atoms with Gasteiger partial charge < -0.3 is 24.3 Å². The Labute approximate surface area is 214 Å². The molecule has 3 heterocycles. The number of carbonyl (C=O) groups is 2. The van der Waals surface area contributed by atoms with Crippen LogP contribution in [0, 0.1) is 0 Å². The zero-order valence-corrected chi connectivity index (χ0v) is 20.7. The Morgan fingerprint density at radius 3 is 2.70 bits per heavy atom. The Morgan fingerprint density at radius 2 is 1.95 bits per heavy atom. The summed E-state index contributed by atoms with van der Waals surface area (Å²) in [4.78, 5) is 38.9. The molecular formula is C26H21N3O7S. The molecule has 0 saturated carbocycles. The molecule has 4 aromatic rings. The van der Waals surface area contributed by atoms with Crippen LogP contribution in [-0.2, 0) is 9.53 Å². The van der Waals surface area contributed by atoms with Crippen molar-refractivity contribution >= 4 is 45.1 Å². The number of fused-ring (bicyclic) bond motifs is 2. The summed E-state index contributed by atoms with van der Waals surface area (Å²) in [5.74, 6) is 0.719. The van der Waals surface area contributed by atoms with Gasteiger partial charge in [0.15, 0.2) is 17.2 Å². The van der Waals surface area contributed by atoms with Gasteiger partial charge in [0, 0.05) is 16.8 Å². The number of esters is 1. The van der Waals surface area contributed by atoms with E-state index in [4.69, 9.17) is 18.9 Å². The van der Waals surface area contributed by atoms with Crippen molar-refractivity contribution in [3.63, 3.8) is 0 Å². The third kappa shape index (κ3) is 4.76. The monoisotopic (exact) mass is 519 g/mol. The first-order chi connectivity index (χ1) is 18.0. The van der Waals surface area contributed by atoms with E-state index in [9.17, 15) is 14.4 Å². The summed E-state index contributed by atoms with van der Waals surface area (Å²) < 4.78 is 22.1. The number of methoxy groups -OCH3 is 1. The zero-order valence-electron chi connectivity index (χ0n) is 19.8. The molecular weight excluding hydrogens is 498 g/mol. The average molecular weight is 520 g/mol. The Balaban J connectivity index is 1.51. The van der Waals surface area contributed by atoms with Crippen molar-refractivity contribution in [3.8, 4) is 22.9 Å². The summed E-state index contributed by atoms with van der Waals surface area (Å²) in [6, 6.07) is 12.0. The van der Waals surface area contributed by atoms with Crippen LogP contribution in [0.15, 0.2) is 58.7 Å². The molecule has 0 fully saturated rings. The fraction of sp³-hybridized carbons (Fsp3) is 0.154. The number of amides is 1. The Kier molecular flexibility index (Phi) is 6.60. The van der Waals surface area contributed by atoms with Gasteiger partial charge in [-0.3, -0.25) is 9.59 Å². The van der Waals surface area contributed by atoms with Crippen LogP contribution in [0.4, 0.5) is 5.00 Å². The number of ether oxygens (including phenoxy) is 4. The molecule has 0 saturated heterocycles. The molecule has 5 rings (SSSR count). The van der Waals surface area contributed by atoms with Crippen LogP contribution in [0.3, 0.4) is 0 Å². The highest BCUT2D eigenvalue weighted by atomic mass is 32.1. The third-order valence-corrected chi connectivity index (χ3v) is 6.39. The van der Waals surface area contributed by atoms with E-state index in [0.29, 0.717) is 28.3 Å². The van der Waals surface area contributed by atoms with E-state index in [2.05, 4.69) is 10.4 Å². The zero-order chi connectivity index (χ0) is 25.9. The molecule has 37 heavy (non-hydrogen) atoms. The highest BCUT2D eigenvalue weighted by Crippen LogP contribution is 2.33. The summed E-state index contributed by atoms with van der Waals surface area (Å²) in [7, 11) is 1.53. The molecule has 0 spiro atoms. The number of nitrogens with one attached hydrogen (secondary N) is 1. The van der Waals surface area contributed by atoms with Gasteiger partial charge in [-0.1, -0.05) is 6.07 Å². The van der Waals surface area contributed by atoms with E-state index in [-0.39, 0.29) is 29.5 Å². The molecule has 0 bridgehead atoms. The SMILES string of the molecule is CCOC(=O)c1nn(-c2ccc(OC)cc2)c(=O)c2c(NC(=O)/C=C/c3ccc4c(c3)OCO4)scc12. The summed E-state index contributed by atoms with van der Waals surface area (Å²) >= 11 is 1.12. The third-order valence-electron chi connectivity index (χ3n) is 5.50. The second-order valence-corrected chi connectivity index (χ2v) is 8.65. The Bertz CT molecular complexity index is 1590. The van der Waals surface area contributed by atoms with Gasteiger partial charge in [0.1, 0.15) is 10.8 Å². The van der Waals surface area contributed by atoms with Crippen LogP contribution in [0.5, 0.6) is 17.2 Å². The molecule has 2 aromatic heterocycles. The second kappa shape index (κ2) is 10.2. The Hall–Kier alpha value is -4.64. The minimum atomic E-state index is -0.673. The van der Waals surface area contributed by atoms with Gasteiger partial charge >= 0.3 is 5.97 Å². The highest BCUT2D eigenvalue weighted by Gasteiger charge is 2.23. The number of thiophene rings is 1. The fourth-order valence-electron chi connectivity index (χ4n) is 3.73. The first-order valence-corrected chi connectivity index (χ1v) is 12.1. The lowest BCUT2D eigenvalue weighted by molar-refractivity contribution is -0.111. The van der Waals surface area contributed by atoms with Crippen molar-refractivity contribution in [2.75, 3.05) is 25.8 Å². The predicted octanol–water partition coefficient (Wildman–Crippen LogP) is 4.01. The fourth-order valence-corrected chi connectivity index (χ4v) is 4.67. The number of anilines is 1. The van der Waals surface area contributed by atoms with Gasteiger partial charge in [0.2, 0.25) is 12.7 Å². The maximum absolute atomic E-state index is 13.5. The lowest BCUT2D eigenvalue weighted by Crippen LogP contribution is -2.25. The molecule has 2 aromatic carbocycles. The van der Waals surface area contributed by atoms with Crippen molar-refractivity contribution in [1.29, 1.82) is 0 Å². The van der Waals surface area contributed by atoms with Gasteiger partial charge in [0.05, 0.1) is 24.8 Å². The maximum Gasteiger partial charge on any atom is 0.359 e. The summed E-state index contributed by atoms with van der Waals surface area (Å²) in [6.45, 7) is 1.98. The molecule has 1 N–H and O–H groups in total. The van der Waals surface area contributed by atoms with E-state index in [1.807, 2.05) is 0 Å². The maximum atomic E-state index is 13.5. The van der Waals surface area contributed by atoms with E-state index in [1.165, 1.54) is 13.2 Å². The first-order valence-electron chi connectivity index (χ1n) is 11.2. The van der Waals surface area contributed by atoms with Crippen molar-refractivity contribution in [2.45, 2.75) is 6.92 Å². The number of rotatable bonds is 7. The molecule has 0 aliphatic carbocycles. The number of benzene rings is 2. The molecule has 0 radical (unpaired) electrons. The molecule has 0 unspecified atom stereocenters. The van der Waals surface area contributed by atoms with Gasteiger partial charge in [-0.15, -0.1) is 11.3 Å². The van der Waals surface area contributed by atoms with Crippen LogP contribution in [0.1, 0.15) is 23.0 Å². The van der Waals surface area contributed by atoms with Crippen molar-refractivity contribution < 1.29 is 28.5 Å². The van der Waals surface area contributed by atoms with Crippen LogP contribution in [-0.4, -0.2) is 42.2 Å². The Morgan fingerprint density at radius 1 is 1.16 bits per heavy atom. The smallest absolute Gasteiger partial charge is 0.359 e. The number of aromatic nitrogens is 2. The molecule has 10 nitrogen and oxygen atoms in total. The predicted molar refractivity (Wildman–Crippen MR) is 138 cm³/mol. The molecule has 1 aliphatic heterocycles. The normalized spacial score (nSPS) is 12.2. The van der Waals surface area contributed by atoms with E-state index in [1.54, 1.807) is 60.8 Å². The largest absolute Gasteiger partial charge is 0.497 e. The lowest BCUT2D eigenvalue weighted by Gasteiger charge is -2.10. The van der Waals surface area contributed by atoms with Crippen molar-refractivity contribution in [1.82, 2.24) is 9.78 Å². The standard InChI is InChI=1S/C26H21N3O7S/c1-3-34-26(32)23-18-13-37-24(22(18)25(31)29(28-23)16-6-8-17(33-2)9-7-16)27-21(30)11-5-15-4-10-19-20(12-15)36-14-35-19/h4-13H,3,14H2,1-2H3,(H,27,30)/b11-5+. The van der Waals surface area contributed by atoms with Crippen LogP contribution >= 0.6 is 11.3 Å². The van der Waals surface area contributed by atoms with Gasteiger partial charge in [-0.25, -0.2) is 4.79 Å². The quantitative estimate of drug-likeness (QED) is 0.287. The van der Waals surface area contributed by atoms with Crippen LogP contribution in [0.25, 0.3) is 22.5 Å². The molecule has 11 heteroatoms. The first kappa shape index (κ1) is 24.1. The summed E-state index contributed by atoms with van der Waals surface area (Å²) in [6.07, 6.45) is 2.97.